The van der Waals surface area contributed by atoms with Crippen molar-refractivity contribution in [3.05, 3.63) is 65.7 Å². The molecule has 0 atom stereocenters. The molecule has 2 rings (SSSR count). The highest BCUT2D eigenvalue weighted by atomic mass is 16.5. The number of hydrazine groups is 1. The van der Waals surface area contributed by atoms with Gasteiger partial charge in [-0.05, 0) is 29.7 Å². The van der Waals surface area contributed by atoms with Gasteiger partial charge in [-0.3, -0.25) is 0 Å². The molecular weight excluding hydrogens is 260 g/mol. The fourth-order valence-corrected chi connectivity index (χ4v) is 2.04. The predicted octanol–water partition coefficient (Wildman–Crippen LogP) is 4.12. The first-order chi connectivity index (χ1) is 10.4. The van der Waals surface area contributed by atoms with Gasteiger partial charge in [0, 0.05) is 18.8 Å². The highest BCUT2D eigenvalue weighted by molar-refractivity contribution is 5.41. The van der Waals surface area contributed by atoms with Gasteiger partial charge in [0.2, 0.25) is 0 Å². The summed E-state index contributed by atoms with van der Waals surface area (Å²) in [6.07, 6.45) is 2.30. The van der Waals surface area contributed by atoms with Crippen LogP contribution in [0.4, 0.5) is 5.69 Å². The quantitative estimate of drug-likeness (QED) is 0.537. The third-order valence-electron chi connectivity index (χ3n) is 3.20. The Kier molecular flexibility index (Phi) is 6.78. The first-order valence-electron chi connectivity index (χ1n) is 7.58. The Morgan fingerprint density at radius 2 is 1.76 bits per heavy atom. The smallest absolute Gasteiger partial charge is 0.0716 e. The number of ether oxygens (including phenoxy) is 1. The summed E-state index contributed by atoms with van der Waals surface area (Å²) >= 11 is 0. The van der Waals surface area contributed by atoms with E-state index in [9.17, 15) is 0 Å². The zero-order valence-electron chi connectivity index (χ0n) is 12.6. The molecule has 112 valence electrons. The van der Waals surface area contributed by atoms with E-state index in [4.69, 9.17) is 4.74 Å². The van der Waals surface area contributed by atoms with Gasteiger partial charge >= 0.3 is 0 Å². The minimum atomic E-state index is 0.694. The van der Waals surface area contributed by atoms with Crippen LogP contribution in [0.3, 0.4) is 0 Å². The molecule has 3 nitrogen and oxygen atoms in total. The summed E-state index contributed by atoms with van der Waals surface area (Å²) < 4.78 is 5.65. The van der Waals surface area contributed by atoms with Crippen molar-refractivity contribution in [2.24, 2.45) is 0 Å². The van der Waals surface area contributed by atoms with Crippen LogP contribution < -0.4 is 10.9 Å². The van der Waals surface area contributed by atoms with E-state index in [1.807, 2.05) is 30.3 Å². The summed E-state index contributed by atoms with van der Waals surface area (Å²) in [5.74, 6) is 0. The SMILES string of the molecule is CCCCOCc1cccc(CNNc2ccccc2)c1. The fourth-order valence-electron chi connectivity index (χ4n) is 2.04. The monoisotopic (exact) mass is 284 g/mol. The summed E-state index contributed by atoms with van der Waals surface area (Å²) in [5.41, 5.74) is 9.96. The molecule has 0 unspecified atom stereocenters. The molecule has 0 amide bonds. The van der Waals surface area contributed by atoms with Gasteiger partial charge in [0.15, 0.2) is 0 Å². The van der Waals surface area contributed by atoms with Crippen molar-refractivity contribution in [3.63, 3.8) is 0 Å². The van der Waals surface area contributed by atoms with Crippen LogP contribution >= 0.6 is 0 Å². The van der Waals surface area contributed by atoms with Gasteiger partial charge in [-0.15, -0.1) is 0 Å². The fraction of sp³-hybridized carbons (Fsp3) is 0.333. The Morgan fingerprint density at radius 3 is 2.57 bits per heavy atom. The summed E-state index contributed by atoms with van der Waals surface area (Å²) in [4.78, 5) is 0. The van der Waals surface area contributed by atoms with E-state index in [2.05, 4.69) is 42.0 Å². The normalized spacial score (nSPS) is 10.5. The average Bonchev–Trinajstić information content (AvgIpc) is 2.53. The summed E-state index contributed by atoms with van der Waals surface area (Å²) in [6, 6.07) is 18.6. The van der Waals surface area contributed by atoms with E-state index in [0.29, 0.717) is 6.61 Å². The minimum absolute atomic E-state index is 0.694. The molecule has 0 bridgehead atoms. The second kappa shape index (κ2) is 9.16. The van der Waals surface area contributed by atoms with Gasteiger partial charge in [-0.25, -0.2) is 5.43 Å². The molecular formula is C18H24N2O. The van der Waals surface area contributed by atoms with Crippen LogP contribution in [0.25, 0.3) is 0 Å². The second-order valence-corrected chi connectivity index (χ2v) is 5.07. The largest absolute Gasteiger partial charge is 0.377 e. The van der Waals surface area contributed by atoms with Gasteiger partial charge in [-0.1, -0.05) is 55.8 Å². The maximum absolute atomic E-state index is 5.65. The lowest BCUT2D eigenvalue weighted by Gasteiger charge is -2.10. The number of para-hydroxylation sites is 1. The number of hydrogen-bond donors (Lipinski definition) is 2. The average molecular weight is 284 g/mol. The Morgan fingerprint density at radius 1 is 0.952 bits per heavy atom. The summed E-state index contributed by atoms with van der Waals surface area (Å²) in [5, 5.41) is 0. The highest BCUT2D eigenvalue weighted by Crippen LogP contribution is 2.08. The van der Waals surface area contributed by atoms with Crippen LogP contribution in [-0.2, 0) is 17.9 Å². The molecule has 0 fully saturated rings. The molecule has 0 saturated carbocycles. The molecule has 0 aliphatic carbocycles. The zero-order valence-corrected chi connectivity index (χ0v) is 12.6. The number of hydrogen-bond acceptors (Lipinski definition) is 3. The number of rotatable bonds is 9. The Hall–Kier alpha value is -1.84. The van der Waals surface area contributed by atoms with Crippen LogP contribution in [-0.4, -0.2) is 6.61 Å². The van der Waals surface area contributed by atoms with Crippen LogP contribution in [0, 0.1) is 0 Å². The van der Waals surface area contributed by atoms with Gasteiger partial charge in [0.05, 0.1) is 6.61 Å². The van der Waals surface area contributed by atoms with Crippen molar-refractivity contribution in [3.8, 4) is 0 Å². The third kappa shape index (κ3) is 5.98. The van der Waals surface area contributed by atoms with Crippen molar-refractivity contribution in [2.45, 2.75) is 32.9 Å². The Bertz CT molecular complexity index is 514. The first kappa shape index (κ1) is 15.5. The van der Waals surface area contributed by atoms with Crippen molar-refractivity contribution in [1.82, 2.24) is 5.43 Å². The van der Waals surface area contributed by atoms with Crippen molar-refractivity contribution in [2.75, 3.05) is 12.0 Å². The zero-order chi connectivity index (χ0) is 14.8. The molecule has 2 aromatic carbocycles. The first-order valence-corrected chi connectivity index (χ1v) is 7.58. The van der Waals surface area contributed by atoms with E-state index in [-0.39, 0.29) is 0 Å². The molecule has 0 heterocycles. The number of unbranched alkanes of at least 4 members (excludes halogenated alkanes) is 1. The molecule has 0 aromatic heterocycles. The van der Waals surface area contributed by atoms with Gasteiger partial charge in [0.1, 0.15) is 0 Å². The highest BCUT2D eigenvalue weighted by Gasteiger charge is 1.97. The van der Waals surface area contributed by atoms with E-state index < -0.39 is 0 Å². The standard InChI is InChI=1S/C18H24N2O/c1-2-3-12-21-15-17-9-7-8-16(13-17)14-19-20-18-10-5-4-6-11-18/h4-11,13,19-20H,2-3,12,14-15H2,1H3. The maximum Gasteiger partial charge on any atom is 0.0716 e. The van der Waals surface area contributed by atoms with Gasteiger partial charge < -0.3 is 10.2 Å². The predicted molar refractivity (Wildman–Crippen MR) is 87.9 cm³/mol. The Balaban J connectivity index is 1.75. The number of benzene rings is 2. The molecule has 2 aromatic rings. The van der Waals surface area contributed by atoms with E-state index >= 15 is 0 Å². The number of nitrogens with one attached hydrogen (secondary N) is 2. The molecule has 0 spiro atoms. The molecule has 3 heteroatoms. The lowest BCUT2D eigenvalue weighted by Crippen LogP contribution is -2.20. The van der Waals surface area contributed by atoms with Crippen molar-refractivity contribution < 1.29 is 4.74 Å². The van der Waals surface area contributed by atoms with E-state index in [0.717, 1.165) is 25.3 Å². The van der Waals surface area contributed by atoms with E-state index in [1.54, 1.807) is 0 Å². The molecule has 0 radical (unpaired) electrons. The minimum Gasteiger partial charge on any atom is -0.377 e. The molecule has 0 saturated heterocycles. The number of anilines is 1. The van der Waals surface area contributed by atoms with E-state index in [1.165, 1.54) is 17.5 Å². The van der Waals surface area contributed by atoms with Gasteiger partial charge in [-0.2, -0.15) is 0 Å². The van der Waals surface area contributed by atoms with Crippen molar-refractivity contribution >= 4 is 5.69 Å². The van der Waals surface area contributed by atoms with Crippen LogP contribution in [0.2, 0.25) is 0 Å². The third-order valence-corrected chi connectivity index (χ3v) is 3.20. The van der Waals surface area contributed by atoms with Crippen LogP contribution in [0.15, 0.2) is 54.6 Å². The lowest BCUT2D eigenvalue weighted by atomic mass is 10.1. The molecule has 2 N–H and O–H groups in total. The van der Waals surface area contributed by atoms with Crippen molar-refractivity contribution in [1.29, 1.82) is 0 Å². The topological polar surface area (TPSA) is 33.3 Å². The molecule has 0 aliphatic rings. The lowest BCUT2D eigenvalue weighted by molar-refractivity contribution is 0.118. The second-order valence-electron chi connectivity index (χ2n) is 5.07. The van der Waals surface area contributed by atoms with Crippen LogP contribution in [0.1, 0.15) is 30.9 Å². The Labute approximate surface area is 127 Å². The molecule has 21 heavy (non-hydrogen) atoms. The maximum atomic E-state index is 5.65. The van der Waals surface area contributed by atoms with Crippen LogP contribution in [0.5, 0.6) is 0 Å². The molecule has 0 aliphatic heterocycles. The summed E-state index contributed by atoms with van der Waals surface area (Å²) in [6.45, 7) is 4.49. The summed E-state index contributed by atoms with van der Waals surface area (Å²) in [7, 11) is 0. The van der Waals surface area contributed by atoms with Gasteiger partial charge in [0.25, 0.3) is 0 Å².